The van der Waals surface area contributed by atoms with Crippen LogP contribution in [0.4, 0.5) is 11.5 Å². The van der Waals surface area contributed by atoms with Crippen molar-refractivity contribution in [1.82, 2.24) is 9.88 Å². The monoisotopic (exact) mass is 415 g/mol. The molecule has 0 radical (unpaired) electrons. The van der Waals surface area contributed by atoms with Crippen LogP contribution in [0, 0.1) is 0 Å². The molecule has 0 unspecified atom stereocenters. The molecule has 4 rings (SSSR count). The molecule has 2 aromatic rings. The molecule has 8 nitrogen and oxygen atoms in total. The maximum absolute atomic E-state index is 12.4. The predicted molar refractivity (Wildman–Crippen MR) is 109 cm³/mol. The summed E-state index contributed by atoms with van der Waals surface area (Å²) >= 11 is 1.53. The Bertz CT molecular complexity index is 1050. The smallest absolute Gasteiger partial charge is 0.263 e. The van der Waals surface area contributed by atoms with Crippen molar-refractivity contribution in [2.24, 2.45) is 4.99 Å². The molecule has 0 bridgehead atoms. The third-order valence-corrected chi connectivity index (χ3v) is 6.46. The van der Waals surface area contributed by atoms with Gasteiger partial charge in [0.2, 0.25) is 5.91 Å². The molecule has 2 aliphatic rings. The minimum atomic E-state index is -3.74. The van der Waals surface area contributed by atoms with E-state index in [1.54, 1.807) is 30.3 Å². The van der Waals surface area contributed by atoms with Gasteiger partial charge >= 0.3 is 0 Å². The van der Waals surface area contributed by atoms with E-state index in [1.165, 1.54) is 30.1 Å². The van der Waals surface area contributed by atoms with Crippen LogP contribution < -0.4 is 10.0 Å². The number of thioether (sulfide) groups is 1. The first-order chi connectivity index (χ1) is 13.5. The number of rotatable bonds is 6. The van der Waals surface area contributed by atoms with Crippen LogP contribution in [0.15, 0.2) is 69.7 Å². The van der Waals surface area contributed by atoms with Crippen LogP contribution >= 0.6 is 11.8 Å². The van der Waals surface area contributed by atoms with Crippen molar-refractivity contribution in [2.75, 3.05) is 23.1 Å². The van der Waals surface area contributed by atoms with Gasteiger partial charge in [0.05, 0.1) is 17.9 Å². The lowest BCUT2D eigenvalue weighted by Crippen LogP contribution is -2.24. The van der Waals surface area contributed by atoms with Crippen LogP contribution in [0.3, 0.4) is 0 Å². The number of nitrogens with zero attached hydrogens (tertiary/aromatic N) is 3. The fourth-order valence-electron chi connectivity index (χ4n) is 2.82. The minimum Gasteiger partial charge on any atom is -0.326 e. The first kappa shape index (κ1) is 18.5. The lowest BCUT2D eigenvalue weighted by atomic mass is 10.2. The molecule has 0 saturated heterocycles. The number of hydrogen-bond donors (Lipinski definition) is 2. The highest BCUT2D eigenvalue weighted by Gasteiger charge is 2.27. The van der Waals surface area contributed by atoms with Crippen LogP contribution in [0.1, 0.15) is 6.42 Å². The van der Waals surface area contributed by atoms with Crippen molar-refractivity contribution < 1.29 is 13.2 Å². The molecule has 1 aromatic carbocycles. The summed E-state index contributed by atoms with van der Waals surface area (Å²) in [5.74, 6) is 0.0784. The third-order valence-electron chi connectivity index (χ3n) is 4.14. The van der Waals surface area contributed by atoms with Gasteiger partial charge in [-0.25, -0.2) is 13.4 Å². The summed E-state index contributed by atoms with van der Waals surface area (Å²) in [7, 11) is -3.74. The molecule has 0 atom stereocenters. The highest BCUT2D eigenvalue weighted by Crippen LogP contribution is 2.31. The Balaban J connectivity index is 1.38. The molecule has 3 heterocycles. The number of sulfonamides is 1. The zero-order valence-corrected chi connectivity index (χ0v) is 16.3. The van der Waals surface area contributed by atoms with Gasteiger partial charge in [-0.3, -0.25) is 14.5 Å². The van der Waals surface area contributed by atoms with Crippen molar-refractivity contribution in [2.45, 2.75) is 11.3 Å². The van der Waals surface area contributed by atoms with Gasteiger partial charge in [-0.1, -0.05) is 17.8 Å². The van der Waals surface area contributed by atoms with Crippen LogP contribution in [0.25, 0.3) is 0 Å². The molecule has 0 aliphatic carbocycles. The zero-order valence-electron chi connectivity index (χ0n) is 14.7. The highest BCUT2D eigenvalue weighted by atomic mass is 32.2. The number of nitrogens with one attached hydrogen (secondary N) is 2. The maximum atomic E-state index is 12.4. The first-order valence-corrected chi connectivity index (χ1v) is 10.9. The van der Waals surface area contributed by atoms with Gasteiger partial charge in [-0.15, -0.1) is 0 Å². The van der Waals surface area contributed by atoms with Gasteiger partial charge in [-0.05, 0) is 41.8 Å². The van der Waals surface area contributed by atoms with Crippen molar-refractivity contribution in [3.63, 3.8) is 0 Å². The largest absolute Gasteiger partial charge is 0.326 e. The van der Waals surface area contributed by atoms with Crippen LogP contribution in [-0.4, -0.2) is 42.5 Å². The average molecular weight is 416 g/mol. The van der Waals surface area contributed by atoms with E-state index >= 15 is 0 Å². The quantitative estimate of drug-likeness (QED) is 0.751. The third kappa shape index (κ3) is 4.02. The second-order valence-electron chi connectivity index (χ2n) is 6.11. The second kappa shape index (κ2) is 7.64. The van der Waals surface area contributed by atoms with Crippen molar-refractivity contribution in [1.29, 1.82) is 0 Å². The van der Waals surface area contributed by atoms with Crippen molar-refractivity contribution in [3.05, 3.63) is 59.8 Å². The molecule has 0 fully saturated rings. The molecule has 1 aromatic heterocycles. The molecular formula is C18H17N5O3S2. The number of amidine groups is 1. The van der Waals surface area contributed by atoms with Gasteiger partial charge in [-0.2, -0.15) is 0 Å². The Morgan fingerprint density at radius 2 is 2.00 bits per heavy atom. The summed E-state index contributed by atoms with van der Waals surface area (Å²) in [6, 6.07) is 11.0. The maximum Gasteiger partial charge on any atom is 0.263 e. The molecular weight excluding hydrogens is 398 g/mol. The van der Waals surface area contributed by atoms with E-state index in [0.717, 1.165) is 24.0 Å². The molecule has 144 valence electrons. The zero-order chi connectivity index (χ0) is 19.6. The number of aliphatic imine (C=N–C) groups is 1. The highest BCUT2D eigenvalue weighted by molar-refractivity contribution is 8.16. The number of amides is 1. The summed E-state index contributed by atoms with van der Waals surface area (Å²) < 4.78 is 27.2. The van der Waals surface area contributed by atoms with Gasteiger partial charge in [0.15, 0.2) is 5.17 Å². The van der Waals surface area contributed by atoms with E-state index in [1.807, 2.05) is 10.3 Å². The predicted octanol–water partition coefficient (Wildman–Crippen LogP) is 2.47. The Kier molecular flexibility index (Phi) is 5.05. The molecule has 10 heteroatoms. The van der Waals surface area contributed by atoms with E-state index in [0.29, 0.717) is 5.69 Å². The van der Waals surface area contributed by atoms with E-state index < -0.39 is 10.0 Å². The Hall–Kier alpha value is -2.85. The summed E-state index contributed by atoms with van der Waals surface area (Å²) in [5.41, 5.74) is 1.46. The first-order valence-electron chi connectivity index (χ1n) is 8.53. The second-order valence-corrected chi connectivity index (χ2v) is 8.63. The summed E-state index contributed by atoms with van der Waals surface area (Å²) in [5, 5.41) is 5.68. The number of pyridine rings is 1. The van der Waals surface area contributed by atoms with Crippen LogP contribution in [0.5, 0.6) is 0 Å². The molecule has 2 N–H and O–H groups in total. The number of carbonyl (C=O) groups is 1. The number of aromatic nitrogens is 1. The van der Waals surface area contributed by atoms with Gasteiger partial charge in [0.1, 0.15) is 5.82 Å². The number of hydrogen-bond acceptors (Lipinski definition) is 7. The van der Waals surface area contributed by atoms with Gasteiger partial charge < -0.3 is 10.2 Å². The lowest BCUT2D eigenvalue weighted by molar-refractivity contribution is -0.115. The van der Waals surface area contributed by atoms with E-state index in [4.69, 9.17) is 0 Å². The van der Waals surface area contributed by atoms with Crippen LogP contribution in [0.2, 0.25) is 0 Å². The number of benzene rings is 1. The molecule has 28 heavy (non-hydrogen) atoms. The summed E-state index contributed by atoms with van der Waals surface area (Å²) in [6.45, 7) is 1.56. The minimum absolute atomic E-state index is 0.0870. The molecule has 1 amide bonds. The standard InChI is InChI=1S/C18H17N5O3S2/c24-17(11-14-12-27-18-20-9-10-23(14)18)21-13-4-6-15(7-5-13)28(25,26)22-16-3-1-2-8-19-16/h1-8,12H,9-11H2,(H,19,22)(H,21,24). The SMILES string of the molecule is O=C(CC1=CSC2=NCCN12)Nc1ccc(S(=O)(=O)Nc2ccccn2)cc1. The fraction of sp³-hybridized carbons (Fsp3) is 0.167. The summed E-state index contributed by atoms with van der Waals surface area (Å²) in [4.78, 5) is 22.8. The van der Waals surface area contributed by atoms with E-state index in [9.17, 15) is 13.2 Å². The number of carbonyl (C=O) groups excluding carboxylic acids is 1. The van der Waals surface area contributed by atoms with E-state index in [-0.39, 0.29) is 23.0 Å². The average Bonchev–Trinajstić information content (AvgIpc) is 3.28. The Morgan fingerprint density at radius 1 is 1.18 bits per heavy atom. The molecule has 2 aliphatic heterocycles. The van der Waals surface area contributed by atoms with Gasteiger partial charge in [0, 0.05) is 24.1 Å². The van der Waals surface area contributed by atoms with Crippen molar-refractivity contribution in [3.8, 4) is 0 Å². The van der Waals surface area contributed by atoms with Gasteiger partial charge in [0.25, 0.3) is 10.0 Å². The number of anilines is 2. The normalized spacial score (nSPS) is 15.6. The molecule has 0 saturated carbocycles. The lowest BCUT2D eigenvalue weighted by Gasteiger charge is -2.16. The van der Waals surface area contributed by atoms with E-state index in [2.05, 4.69) is 20.0 Å². The van der Waals surface area contributed by atoms with Crippen LogP contribution in [-0.2, 0) is 14.8 Å². The Labute approximate surface area is 166 Å². The fourth-order valence-corrected chi connectivity index (χ4v) is 4.78. The topological polar surface area (TPSA) is 104 Å². The number of fused-ring (bicyclic) bond motifs is 1. The van der Waals surface area contributed by atoms with Crippen molar-refractivity contribution >= 4 is 44.4 Å². The molecule has 0 spiro atoms. The Morgan fingerprint density at radius 3 is 2.75 bits per heavy atom. The summed E-state index contributed by atoms with van der Waals surface area (Å²) in [6.07, 6.45) is 1.75.